The van der Waals surface area contributed by atoms with Crippen molar-refractivity contribution in [2.75, 3.05) is 13.1 Å². The Morgan fingerprint density at radius 2 is 1.96 bits per heavy atom. The van der Waals surface area contributed by atoms with Gasteiger partial charge in [-0.2, -0.15) is 0 Å². The SMILES string of the molecule is CCc1sc(C(=O)NC2CCN(C(=O)c3ccncc3)CC2)cc1C. The van der Waals surface area contributed by atoms with Crippen molar-refractivity contribution in [3.05, 3.63) is 51.5 Å². The highest BCUT2D eigenvalue weighted by molar-refractivity contribution is 7.14. The molecule has 2 aromatic heterocycles. The van der Waals surface area contributed by atoms with Crippen LogP contribution in [0.4, 0.5) is 0 Å². The maximum atomic E-state index is 12.4. The number of aryl methyl sites for hydroxylation is 2. The highest BCUT2D eigenvalue weighted by atomic mass is 32.1. The molecule has 0 radical (unpaired) electrons. The molecule has 1 N–H and O–H groups in total. The lowest BCUT2D eigenvalue weighted by atomic mass is 10.0. The molecule has 0 atom stereocenters. The first-order chi connectivity index (χ1) is 12.1. The number of aromatic nitrogens is 1. The number of thiophene rings is 1. The molecule has 1 aliphatic rings. The molecule has 2 amide bonds. The van der Waals surface area contributed by atoms with Crippen molar-refractivity contribution < 1.29 is 9.59 Å². The highest BCUT2D eigenvalue weighted by Gasteiger charge is 2.25. The van der Waals surface area contributed by atoms with E-state index in [1.807, 2.05) is 11.0 Å². The number of piperidine rings is 1. The molecule has 0 aromatic carbocycles. The van der Waals surface area contributed by atoms with Gasteiger partial charge in [0.25, 0.3) is 11.8 Å². The molecule has 0 unspecified atom stereocenters. The van der Waals surface area contributed by atoms with Crippen LogP contribution in [0, 0.1) is 6.92 Å². The molecular weight excluding hydrogens is 334 g/mol. The maximum absolute atomic E-state index is 12.4. The highest BCUT2D eigenvalue weighted by Crippen LogP contribution is 2.23. The summed E-state index contributed by atoms with van der Waals surface area (Å²) in [6.45, 7) is 5.48. The van der Waals surface area contributed by atoms with Gasteiger partial charge in [0.2, 0.25) is 0 Å². The minimum absolute atomic E-state index is 0.00621. The van der Waals surface area contributed by atoms with Gasteiger partial charge in [0.15, 0.2) is 0 Å². The van der Waals surface area contributed by atoms with Crippen LogP contribution in [-0.4, -0.2) is 40.8 Å². The van der Waals surface area contributed by atoms with Crippen LogP contribution in [0.25, 0.3) is 0 Å². The smallest absolute Gasteiger partial charge is 0.261 e. The van der Waals surface area contributed by atoms with E-state index in [4.69, 9.17) is 0 Å². The van der Waals surface area contributed by atoms with Crippen molar-refractivity contribution in [1.82, 2.24) is 15.2 Å². The standard InChI is InChI=1S/C19H23N3O2S/c1-3-16-13(2)12-17(25-16)18(23)21-15-6-10-22(11-7-15)19(24)14-4-8-20-9-5-14/h4-5,8-9,12,15H,3,6-7,10-11H2,1-2H3,(H,21,23). The molecule has 1 aliphatic heterocycles. The second kappa shape index (κ2) is 7.78. The zero-order chi connectivity index (χ0) is 17.8. The average molecular weight is 357 g/mol. The summed E-state index contributed by atoms with van der Waals surface area (Å²) in [6.07, 6.45) is 5.79. The normalized spacial score (nSPS) is 15.2. The van der Waals surface area contributed by atoms with Crippen molar-refractivity contribution in [1.29, 1.82) is 0 Å². The Hall–Kier alpha value is -2.21. The Kier molecular flexibility index (Phi) is 5.48. The van der Waals surface area contributed by atoms with Gasteiger partial charge in [-0.25, -0.2) is 0 Å². The molecule has 1 fully saturated rings. The van der Waals surface area contributed by atoms with E-state index in [0.29, 0.717) is 18.7 Å². The topological polar surface area (TPSA) is 62.3 Å². The summed E-state index contributed by atoms with van der Waals surface area (Å²) in [4.78, 5) is 32.7. The summed E-state index contributed by atoms with van der Waals surface area (Å²) in [5, 5.41) is 3.12. The van der Waals surface area contributed by atoms with Crippen LogP contribution in [0.1, 0.15) is 50.2 Å². The van der Waals surface area contributed by atoms with Crippen molar-refractivity contribution in [3.8, 4) is 0 Å². The Morgan fingerprint density at radius 1 is 1.28 bits per heavy atom. The molecule has 0 aliphatic carbocycles. The Balaban J connectivity index is 1.54. The Labute approximate surface area is 152 Å². The molecule has 132 valence electrons. The number of hydrogen-bond donors (Lipinski definition) is 1. The van der Waals surface area contributed by atoms with Crippen molar-refractivity contribution in [3.63, 3.8) is 0 Å². The van der Waals surface area contributed by atoms with Crippen LogP contribution in [0.15, 0.2) is 30.6 Å². The van der Waals surface area contributed by atoms with E-state index in [1.54, 1.807) is 35.9 Å². The molecule has 0 spiro atoms. The minimum Gasteiger partial charge on any atom is -0.348 e. The van der Waals surface area contributed by atoms with Gasteiger partial charge in [0.05, 0.1) is 4.88 Å². The van der Waals surface area contributed by atoms with E-state index in [-0.39, 0.29) is 17.9 Å². The third-order valence-corrected chi connectivity index (χ3v) is 5.99. The first kappa shape index (κ1) is 17.6. The lowest BCUT2D eigenvalue weighted by molar-refractivity contribution is 0.0698. The van der Waals surface area contributed by atoms with Gasteiger partial charge in [-0.15, -0.1) is 11.3 Å². The molecule has 1 saturated heterocycles. The number of carbonyl (C=O) groups is 2. The van der Waals surface area contributed by atoms with Gasteiger partial charge in [-0.3, -0.25) is 14.6 Å². The van der Waals surface area contributed by atoms with Crippen LogP contribution >= 0.6 is 11.3 Å². The zero-order valence-corrected chi connectivity index (χ0v) is 15.4. The Morgan fingerprint density at radius 3 is 2.56 bits per heavy atom. The molecule has 5 nitrogen and oxygen atoms in total. The summed E-state index contributed by atoms with van der Waals surface area (Å²) >= 11 is 1.58. The lowest BCUT2D eigenvalue weighted by Crippen LogP contribution is -2.46. The number of likely N-dealkylation sites (tertiary alicyclic amines) is 1. The predicted molar refractivity (Wildman–Crippen MR) is 99.1 cm³/mol. The molecule has 3 rings (SSSR count). The lowest BCUT2D eigenvalue weighted by Gasteiger charge is -2.32. The second-order valence-electron chi connectivity index (χ2n) is 6.35. The molecule has 6 heteroatoms. The van der Waals surface area contributed by atoms with Gasteiger partial charge in [0.1, 0.15) is 0 Å². The zero-order valence-electron chi connectivity index (χ0n) is 14.6. The van der Waals surface area contributed by atoms with Gasteiger partial charge in [-0.1, -0.05) is 6.92 Å². The van der Waals surface area contributed by atoms with Gasteiger partial charge >= 0.3 is 0 Å². The maximum Gasteiger partial charge on any atom is 0.261 e. The van der Waals surface area contributed by atoms with Crippen LogP contribution in [0.5, 0.6) is 0 Å². The van der Waals surface area contributed by atoms with Crippen molar-refractivity contribution >= 4 is 23.2 Å². The third-order valence-electron chi connectivity index (χ3n) is 4.61. The molecule has 25 heavy (non-hydrogen) atoms. The van der Waals surface area contributed by atoms with Crippen molar-refractivity contribution in [2.24, 2.45) is 0 Å². The fourth-order valence-electron chi connectivity index (χ4n) is 3.14. The molecule has 0 bridgehead atoms. The van der Waals surface area contributed by atoms with E-state index < -0.39 is 0 Å². The monoisotopic (exact) mass is 357 g/mol. The first-order valence-electron chi connectivity index (χ1n) is 8.68. The van der Waals surface area contributed by atoms with Crippen molar-refractivity contribution in [2.45, 2.75) is 39.2 Å². The van der Waals surface area contributed by atoms with E-state index in [2.05, 4.69) is 24.1 Å². The number of nitrogens with zero attached hydrogens (tertiary/aromatic N) is 2. The average Bonchev–Trinajstić information content (AvgIpc) is 3.03. The largest absolute Gasteiger partial charge is 0.348 e. The number of pyridine rings is 1. The summed E-state index contributed by atoms with van der Waals surface area (Å²) < 4.78 is 0. The molecule has 3 heterocycles. The third kappa shape index (κ3) is 4.07. The van der Waals surface area contributed by atoms with Gasteiger partial charge in [-0.05, 0) is 49.9 Å². The molecule has 2 aromatic rings. The van der Waals surface area contributed by atoms with Crippen LogP contribution in [0.3, 0.4) is 0 Å². The fraction of sp³-hybridized carbons (Fsp3) is 0.421. The minimum atomic E-state index is 0.00621. The molecular formula is C19H23N3O2S. The summed E-state index contributed by atoms with van der Waals surface area (Å²) in [7, 11) is 0. The van der Waals surface area contributed by atoms with E-state index in [9.17, 15) is 9.59 Å². The van der Waals surface area contributed by atoms with Crippen LogP contribution in [-0.2, 0) is 6.42 Å². The van der Waals surface area contributed by atoms with Gasteiger partial charge < -0.3 is 10.2 Å². The van der Waals surface area contributed by atoms with E-state index >= 15 is 0 Å². The number of hydrogen-bond acceptors (Lipinski definition) is 4. The summed E-state index contributed by atoms with van der Waals surface area (Å²) in [6, 6.07) is 5.57. The number of nitrogens with one attached hydrogen (secondary N) is 1. The molecule has 0 saturated carbocycles. The predicted octanol–water partition coefficient (Wildman–Crippen LogP) is 3.05. The number of rotatable bonds is 4. The summed E-state index contributed by atoms with van der Waals surface area (Å²) in [5.41, 5.74) is 1.86. The van der Waals surface area contributed by atoms with Crippen LogP contribution < -0.4 is 5.32 Å². The first-order valence-corrected chi connectivity index (χ1v) is 9.49. The fourth-order valence-corrected chi connectivity index (χ4v) is 4.16. The van der Waals surface area contributed by atoms with Gasteiger partial charge in [0, 0.05) is 42.0 Å². The quantitative estimate of drug-likeness (QED) is 0.915. The van der Waals surface area contributed by atoms with Crippen LogP contribution in [0.2, 0.25) is 0 Å². The second-order valence-corrected chi connectivity index (χ2v) is 7.48. The number of carbonyl (C=O) groups excluding carboxylic acids is 2. The number of amides is 2. The Bertz CT molecular complexity index is 749. The van der Waals surface area contributed by atoms with E-state index in [1.165, 1.54) is 10.4 Å². The van der Waals surface area contributed by atoms with E-state index in [0.717, 1.165) is 24.1 Å². The summed E-state index contributed by atoms with van der Waals surface area (Å²) in [5.74, 6) is 0.0420.